The third-order valence-electron chi connectivity index (χ3n) is 3.53. The van der Waals surface area contributed by atoms with Crippen LogP contribution in [-0.2, 0) is 9.84 Å². The molecule has 0 aliphatic carbocycles. The lowest BCUT2D eigenvalue weighted by Gasteiger charge is -2.13. The van der Waals surface area contributed by atoms with Crippen molar-refractivity contribution in [3.05, 3.63) is 53.8 Å². The van der Waals surface area contributed by atoms with E-state index < -0.39 is 15.7 Å². The standard InChI is InChI=1S/C15H14FNO2S2/c16-11-5-6-13(17)15(7-11)21(18,19)9-10-8-20-14-4-2-1-3-12(10)14/h1-7,10H,8-9,17H2. The van der Waals surface area contributed by atoms with Gasteiger partial charge in [0.25, 0.3) is 0 Å². The lowest BCUT2D eigenvalue weighted by atomic mass is 10.0. The summed E-state index contributed by atoms with van der Waals surface area (Å²) in [6.07, 6.45) is 0. The highest BCUT2D eigenvalue weighted by molar-refractivity contribution is 7.99. The van der Waals surface area contributed by atoms with Crippen molar-refractivity contribution in [1.29, 1.82) is 0 Å². The molecule has 2 N–H and O–H groups in total. The Morgan fingerprint density at radius 2 is 2.00 bits per heavy atom. The van der Waals surface area contributed by atoms with Crippen LogP contribution in [-0.4, -0.2) is 19.9 Å². The number of rotatable bonds is 3. The fourth-order valence-corrected chi connectivity index (χ4v) is 5.63. The van der Waals surface area contributed by atoms with E-state index in [0.717, 1.165) is 22.6 Å². The summed E-state index contributed by atoms with van der Waals surface area (Å²) in [6.45, 7) is 0. The maximum atomic E-state index is 13.3. The van der Waals surface area contributed by atoms with Gasteiger partial charge in [0, 0.05) is 16.6 Å². The SMILES string of the molecule is Nc1ccc(F)cc1S(=O)(=O)CC1CSc2ccccc21. The van der Waals surface area contributed by atoms with E-state index >= 15 is 0 Å². The van der Waals surface area contributed by atoms with Crippen LogP contribution in [0.15, 0.2) is 52.3 Å². The molecule has 1 aliphatic heterocycles. The van der Waals surface area contributed by atoms with Crippen LogP contribution in [0.25, 0.3) is 0 Å². The molecule has 1 atom stereocenters. The first-order valence-corrected chi connectivity index (χ1v) is 9.11. The number of thioether (sulfide) groups is 1. The van der Waals surface area contributed by atoms with Crippen LogP contribution in [0.2, 0.25) is 0 Å². The molecule has 1 unspecified atom stereocenters. The van der Waals surface area contributed by atoms with E-state index in [1.807, 2.05) is 24.3 Å². The summed E-state index contributed by atoms with van der Waals surface area (Å²) in [5.41, 5.74) is 6.83. The second-order valence-corrected chi connectivity index (χ2v) is 8.07. The maximum absolute atomic E-state index is 13.3. The maximum Gasteiger partial charge on any atom is 0.181 e. The van der Waals surface area contributed by atoms with Gasteiger partial charge in [-0.3, -0.25) is 0 Å². The Hall–Kier alpha value is -1.53. The molecule has 3 rings (SSSR count). The van der Waals surface area contributed by atoms with Gasteiger partial charge in [0.15, 0.2) is 9.84 Å². The molecule has 0 fully saturated rings. The van der Waals surface area contributed by atoms with Gasteiger partial charge < -0.3 is 5.73 Å². The van der Waals surface area contributed by atoms with Gasteiger partial charge in [-0.1, -0.05) is 18.2 Å². The van der Waals surface area contributed by atoms with Gasteiger partial charge in [0.1, 0.15) is 5.82 Å². The molecule has 0 amide bonds. The molecule has 110 valence electrons. The first-order valence-electron chi connectivity index (χ1n) is 6.47. The number of fused-ring (bicyclic) bond motifs is 1. The minimum atomic E-state index is -3.62. The summed E-state index contributed by atoms with van der Waals surface area (Å²) in [5, 5.41) is 0. The Kier molecular flexibility index (Phi) is 3.67. The molecule has 0 saturated heterocycles. The average Bonchev–Trinajstić information content (AvgIpc) is 2.84. The van der Waals surface area contributed by atoms with E-state index in [9.17, 15) is 12.8 Å². The summed E-state index contributed by atoms with van der Waals surface area (Å²) in [5.74, 6) is -0.0128. The summed E-state index contributed by atoms with van der Waals surface area (Å²) >= 11 is 1.65. The Morgan fingerprint density at radius 3 is 2.81 bits per heavy atom. The smallest absolute Gasteiger partial charge is 0.181 e. The monoisotopic (exact) mass is 323 g/mol. The van der Waals surface area contributed by atoms with Crippen LogP contribution >= 0.6 is 11.8 Å². The normalized spacial score (nSPS) is 17.7. The molecule has 1 aliphatic rings. The fourth-order valence-electron chi connectivity index (χ4n) is 2.50. The van der Waals surface area contributed by atoms with Gasteiger partial charge in [-0.2, -0.15) is 0 Å². The second kappa shape index (κ2) is 5.35. The van der Waals surface area contributed by atoms with Crippen molar-refractivity contribution in [3.63, 3.8) is 0 Å². The van der Waals surface area contributed by atoms with Gasteiger partial charge in [0.05, 0.1) is 16.3 Å². The van der Waals surface area contributed by atoms with Gasteiger partial charge >= 0.3 is 0 Å². The molecule has 0 radical (unpaired) electrons. The van der Waals surface area contributed by atoms with Crippen LogP contribution in [0.5, 0.6) is 0 Å². The molecule has 0 spiro atoms. The molecule has 0 saturated carbocycles. The number of sulfone groups is 1. The second-order valence-electron chi connectivity index (χ2n) is 5.01. The van der Waals surface area contributed by atoms with Crippen molar-refractivity contribution in [2.24, 2.45) is 0 Å². The zero-order valence-corrected chi connectivity index (χ0v) is 12.8. The van der Waals surface area contributed by atoms with Crippen LogP contribution in [0, 0.1) is 5.82 Å². The topological polar surface area (TPSA) is 60.2 Å². The van der Waals surface area contributed by atoms with Crippen LogP contribution in [0.1, 0.15) is 11.5 Å². The quantitative estimate of drug-likeness (QED) is 0.882. The molecule has 3 nitrogen and oxygen atoms in total. The first-order chi connectivity index (χ1) is 9.97. The number of hydrogen-bond donors (Lipinski definition) is 1. The highest BCUT2D eigenvalue weighted by atomic mass is 32.2. The van der Waals surface area contributed by atoms with Crippen molar-refractivity contribution in [1.82, 2.24) is 0 Å². The number of halogens is 1. The van der Waals surface area contributed by atoms with E-state index in [0.29, 0.717) is 5.75 Å². The summed E-state index contributed by atoms with van der Waals surface area (Å²) in [6, 6.07) is 11.2. The van der Waals surface area contributed by atoms with E-state index in [4.69, 9.17) is 5.73 Å². The highest BCUT2D eigenvalue weighted by Gasteiger charge is 2.29. The number of nitrogen functional groups attached to an aromatic ring is 1. The number of anilines is 1. The Balaban J connectivity index is 1.93. The molecule has 0 aromatic heterocycles. The van der Waals surface area contributed by atoms with E-state index in [1.165, 1.54) is 6.07 Å². The Morgan fingerprint density at radius 1 is 1.24 bits per heavy atom. The number of nitrogens with two attached hydrogens (primary N) is 1. The zero-order chi connectivity index (χ0) is 15.0. The predicted molar refractivity (Wildman–Crippen MR) is 82.8 cm³/mol. The molecule has 1 heterocycles. The first kappa shape index (κ1) is 14.4. The van der Waals surface area contributed by atoms with Crippen molar-refractivity contribution >= 4 is 27.3 Å². The minimum Gasteiger partial charge on any atom is -0.398 e. The van der Waals surface area contributed by atoms with Crippen molar-refractivity contribution < 1.29 is 12.8 Å². The molecule has 2 aromatic rings. The van der Waals surface area contributed by atoms with Gasteiger partial charge in [-0.25, -0.2) is 12.8 Å². The third kappa shape index (κ3) is 2.78. The van der Waals surface area contributed by atoms with E-state index in [1.54, 1.807) is 11.8 Å². The van der Waals surface area contributed by atoms with Crippen LogP contribution < -0.4 is 5.73 Å². The Bertz CT molecular complexity index is 790. The van der Waals surface area contributed by atoms with Crippen LogP contribution in [0.3, 0.4) is 0 Å². The Labute approximate surface area is 127 Å². The lowest BCUT2D eigenvalue weighted by Crippen LogP contribution is -2.16. The van der Waals surface area contributed by atoms with Crippen molar-refractivity contribution in [3.8, 4) is 0 Å². The van der Waals surface area contributed by atoms with Crippen LogP contribution in [0.4, 0.5) is 10.1 Å². The molecule has 6 heteroatoms. The summed E-state index contributed by atoms with van der Waals surface area (Å²) in [4.78, 5) is 1.00. The van der Waals surface area contributed by atoms with Crippen molar-refractivity contribution in [2.75, 3.05) is 17.2 Å². The van der Waals surface area contributed by atoms with Gasteiger partial charge in [-0.15, -0.1) is 11.8 Å². The highest BCUT2D eigenvalue weighted by Crippen LogP contribution is 2.40. The van der Waals surface area contributed by atoms with E-state index in [2.05, 4.69) is 0 Å². The molecular formula is C15H14FNO2S2. The molecular weight excluding hydrogens is 309 g/mol. The molecule has 21 heavy (non-hydrogen) atoms. The largest absolute Gasteiger partial charge is 0.398 e. The molecule has 2 aromatic carbocycles. The molecule has 0 bridgehead atoms. The average molecular weight is 323 g/mol. The number of benzene rings is 2. The summed E-state index contributed by atoms with van der Waals surface area (Å²) < 4.78 is 38.3. The predicted octanol–water partition coefficient (Wildman–Crippen LogP) is 3.07. The van der Waals surface area contributed by atoms with Gasteiger partial charge in [0.2, 0.25) is 0 Å². The fraction of sp³-hybridized carbons (Fsp3) is 0.200. The number of hydrogen-bond acceptors (Lipinski definition) is 4. The summed E-state index contributed by atoms with van der Waals surface area (Å²) in [7, 11) is -3.62. The minimum absolute atomic E-state index is 0.0509. The van der Waals surface area contributed by atoms with Crippen molar-refractivity contribution in [2.45, 2.75) is 15.7 Å². The van der Waals surface area contributed by atoms with E-state index in [-0.39, 0.29) is 22.3 Å². The lowest BCUT2D eigenvalue weighted by molar-refractivity contribution is 0.587. The third-order valence-corrected chi connectivity index (χ3v) is 6.65. The van der Waals surface area contributed by atoms with Gasteiger partial charge in [-0.05, 0) is 29.8 Å². The zero-order valence-electron chi connectivity index (χ0n) is 11.1.